The van der Waals surface area contributed by atoms with Crippen molar-refractivity contribution < 1.29 is 22.4 Å². The van der Waals surface area contributed by atoms with E-state index < -0.39 is 40.4 Å². The number of hydrogen-bond acceptors (Lipinski definition) is 4. The fourth-order valence-corrected chi connectivity index (χ4v) is 4.37. The highest BCUT2D eigenvalue weighted by Crippen LogP contribution is 2.24. The van der Waals surface area contributed by atoms with Crippen LogP contribution in [0.5, 0.6) is 0 Å². The third kappa shape index (κ3) is 6.66. The number of rotatable bonds is 10. The third-order valence-electron chi connectivity index (χ3n) is 4.90. The molecule has 0 saturated carbocycles. The Hall–Kier alpha value is -2.69. The van der Waals surface area contributed by atoms with Crippen LogP contribution < -0.4 is 9.62 Å². The van der Waals surface area contributed by atoms with Crippen LogP contribution in [0.25, 0.3) is 0 Å². The predicted octanol–water partition coefficient (Wildman–Crippen LogP) is 2.65. The lowest BCUT2D eigenvalue weighted by Gasteiger charge is -2.32. The van der Waals surface area contributed by atoms with E-state index in [1.54, 1.807) is 38.1 Å². The highest BCUT2D eigenvalue weighted by atomic mass is 35.5. The molecule has 33 heavy (non-hydrogen) atoms. The molecule has 2 amide bonds. The van der Waals surface area contributed by atoms with Gasteiger partial charge in [0.25, 0.3) is 0 Å². The monoisotopic (exact) mass is 498 g/mol. The zero-order valence-corrected chi connectivity index (χ0v) is 20.5. The van der Waals surface area contributed by atoms with E-state index >= 15 is 0 Å². The van der Waals surface area contributed by atoms with Crippen molar-refractivity contribution in [1.29, 1.82) is 0 Å². The molecule has 1 N–H and O–H groups in total. The molecule has 11 heteroatoms. The van der Waals surface area contributed by atoms with Crippen LogP contribution in [0.1, 0.15) is 19.4 Å². The van der Waals surface area contributed by atoms with Gasteiger partial charge < -0.3 is 10.2 Å². The first-order valence-corrected chi connectivity index (χ1v) is 12.0. The summed E-state index contributed by atoms with van der Waals surface area (Å²) < 4.78 is 42.1. The summed E-state index contributed by atoms with van der Waals surface area (Å²) in [6.45, 7) is 2.95. The second kappa shape index (κ2) is 11.4. The highest BCUT2D eigenvalue weighted by molar-refractivity contribution is 7.90. The maximum Gasteiger partial charge on any atom is 0.304 e. The molecule has 0 aliphatic rings. The van der Waals surface area contributed by atoms with E-state index in [1.165, 1.54) is 37.2 Å². The second-order valence-electron chi connectivity index (χ2n) is 7.47. The first-order chi connectivity index (χ1) is 15.5. The number of carbonyl (C=O) groups excluding carboxylic acids is 2. The van der Waals surface area contributed by atoms with Gasteiger partial charge in [-0.25, -0.2) is 8.70 Å². The molecule has 1 atom stereocenters. The summed E-state index contributed by atoms with van der Waals surface area (Å²) in [5.74, 6) is -1.88. The third-order valence-corrected chi connectivity index (χ3v) is 6.94. The van der Waals surface area contributed by atoms with Crippen molar-refractivity contribution in [2.75, 3.05) is 31.5 Å². The van der Waals surface area contributed by atoms with Gasteiger partial charge in [0.2, 0.25) is 11.8 Å². The number of hydrogen-bond donors (Lipinski definition) is 1. The Morgan fingerprint density at radius 2 is 1.79 bits per heavy atom. The van der Waals surface area contributed by atoms with E-state index in [2.05, 4.69) is 5.32 Å². The minimum absolute atomic E-state index is 0.00478. The van der Waals surface area contributed by atoms with E-state index in [9.17, 15) is 22.4 Å². The van der Waals surface area contributed by atoms with Crippen molar-refractivity contribution in [3.8, 4) is 0 Å². The van der Waals surface area contributed by atoms with Crippen molar-refractivity contribution >= 4 is 39.3 Å². The smallest absolute Gasteiger partial charge is 0.304 e. The summed E-state index contributed by atoms with van der Waals surface area (Å²) in [7, 11) is -1.65. The van der Waals surface area contributed by atoms with Gasteiger partial charge in [0.1, 0.15) is 18.4 Å². The number of benzene rings is 2. The molecule has 0 bridgehead atoms. The van der Waals surface area contributed by atoms with Crippen LogP contribution in [-0.2, 0) is 26.3 Å². The zero-order chi connectivity index (χ0) is 24.8. The molecule has 0 aromatic heterocycles. The molecule has 0 spiro atoms. The normalized spacial score (nSPS) is 12.3. The Balaban J connectivity index is 2.47. The van der Waals surface area contributed by atoms with Gasteiger partial charge in [0.15, 0.2) is 0 Å². The van der Waals surface area contributed by atoms with Gasteiger partial charge >= 0.3 is 10.2 Å². The largest absolute Gasteiger partial charge is 0.355 e. The van der Waals surface area contributed by atoms with Gasteiger partial charge in [-0.3, -0.25) is 9.59 Å². The minimum Gasteiger partial charge on any atom is -0.355 e. The molecule has 0 aliphatic heterocycles. The van der Waals surface area contributed by atoms with E-state index in [0.717, 1.165) is 10.4 Å². The standard InChI is InChI=1S/C22H28ClFN4O4S/c1-5-25-22(30)16(2)27(14-17-9-8-10-18(23)13-17)21(29)15-28(33(31,32)26(3)4)20-12-7-6-11-19(20)24/h6-13,16H,5,14-15H2,1-4H3,(H,25,30)/t16-/m1/s1. The van der Waals surface area contributed by atoms with Gasteiger partial charge in [-0.05, 0) is 43.7 Å². The number of amides is 2. The summed E-state index contributed by atoms with van der Waals surface area (Å²) in [4.78, 5) is 27.2. The van der Waals surface area contributed by atoms with Gasteiger partial charge in [0.05, 0.1) is 5.69 Å². The Kier molecular flexibility index (Phi) is 9.21. The van der Waals surface area contributed by atoms with Crippen LogP contribution in [0.4, 0.5) is 10.1 Å². The number of nitrogens with zero attached hydrogens (tertiary/aromatic N) is 3. The molecular formula is C22H28ClFN4O4S. The van der Waals surface area contributed by atoms with E-state index in [4.69, 9.17) is 11.6 Å². The summed E-state index contributed by atoms with van der Waals surface area (Å²) in [5.41, 5.74) is 0.382. The first kappa shape index (κ1) is 26.6. The lowest BCUT2D eigenvalue weighted by atomic mass is 10.1. The molecular weight excluding hydrogens is 471 g/mol. The predicted molar refractivity (Wildman–Crippen MR) is 127 cm³/mol. The second-order valence-corrected chi connectivity index (χ2v) is 9.97. The molecule has 0 fully saturated rings. The molecule has 8 nitrogen and oxygen atoms in total. The molecule has 0 saturated heterocycles. The van der Waals surface area contributed by atoms with E-state index in [-0.39, 0.29) is 12.2 Å². The molecule has 2 rings (SSSR count). The quantitative estimate of drug-likeness (QED) is 0.545. The Labute approximate surface area is 199 Å². The van der Waals surface area contributed by atoms with Gasteiger partial charge in [-0.2, -0.15) is 12.7 Å². The van der Waals surface area contributed by atoms with Crippen LogP contribution >= 0.6 is 11.6 Å². The number of halogens is 2. The van der Waals surface area contributed by atoms with Crippen LogP contribution in [0, 0.1) is 5.82 Å². The lowest BCUT2D eigenvalue weighted by Crippen LogP contribution is -2.52. The number of carbonyl (C=O) groups is 2. The fraction of sp³-hybridized carbons (Fsp3) is 0.364. The number of likely N-dealkylation sites (N-methyl/N-ethyl adjacent to an activating group) is 1. The van der Waals surface area contributed by atoms with Gasteiger partial charge in [-0.1, -0.05) is 35.9 Å². The summed E-state index contributed by atoms with van der Waals surface area (Å²) in [6.07, 6.45) is 0. The van der Waals surface area contributed by atoms with Gasteiger partial charge in [-0.15, -0.1) is 0 Å². The summed E-state index contributed by atoms with van der Waals surface area (Å²) in [6, 6.07) is 11.1. The van der Waals surface area contributed by atoms with Crippen molar-refractivity contribution in [1.82, 2.24) is 14.5 Å². The maximum absolute atomic E-state index is 14.5. The molecule has 0 heterocycles. The topological polar surface area (TPSA) is 90.0 Å². The van der Waals surface area contributed by atoms with Crippen LogP contribution in [0.15, 0.2) is 48.5 Å². The minimum atomic E-state index is -4.22. The summed E-state index contributed by atoms with van der Waals surface area (Å²) in [5, 5.41) is 3.11. The molecule has 2 aromatic carbocycles. The number of para-hydroxylation sites is 1. The molecule has 0 unspecified atom stereocenters. The maximum atomic E-state index is 14.5. The molecule has 0 aliphatic carbocycles. The number of nitrogens with one attached hydrogen (secondary N) is 1. The molecule has 180 valence electrons. The van der Waals surface area contributed by atoms with Crippen molar-refractivity contribution in [3.63, 3.8) is 0 Å². The number of anilines is 1. The highest BCUT2D eigenvalue weighted by Gasteiger charge is 2.33. The van der Waals surface area contributed by atoms with Crippen LogP contribution in [-0.4, -0.2) is 62.7 Å². The lowest BCUT2D eigenvalue weighted by molar-refractivity contribution is -0.139. The Bertz CT molecular complexity index is 1100. The first-order valence-electron chi connectivity index (χ1n) is 10.2. The van der Waals surface area contributed by atoms with Crippen molar-refractivity contribution in [2.24, 2.45) is 0 Å². The van der Waals surface area contributed by atoms with Crippen LogP contribution in [0.2, 0.25) is 5.02 Å². The van der Waals surface area contributed by atoms with E-state index in [0.29, 0.717) is 21.4 Å². The Morgan fingerprint density at radius 3 is 2.36 bits per heavy atom. The van der Waals surface area contributed by atoms with Gasteiger partial charge in [0, 0.05) is 32.2 Å². The average Bonchev–Trinajstić information content (AvgIpc) is 2.75. The zero-order valence-electron chi connectivity index (χ0n) is 19.0. The molecule has 0 radical (unpaired) electrons. The molecule has 2 aromatic rings. The fourth-order valence-electron chi connectivity index (χ4n) is 3.09. The Morgan fingerprint density at radius 1 is 1.12 bits per heavy atom. The van der Waals surface area contributed by atoms with Crippen molar-refractivity contribution in [2.45, 2.75) is 26.4 Å². The SMILES string of the molecule is CCNC(=O)[C@@H](C)N(Cc1cccc(Cl)c1)C(=O)CN(c1ccccc1F)S(=O)(=O)N(C)C. The van der Waals surface area contributed by atoms with Crippen LogP contribution in [0.3, 0.4) is 0 Å². The summed E-state index contributed by atoms with van der Waals surface area (Å²) >= 11 is 6.06. The van der Waals surface area contributed by atoms with E-state index in [1.807, 2.05) is 0 Å². The average molecular weight is 499 g/mol. The van der Waals surface area contributed by atoms with Crippen molar-refractivity contribution in [3.05, 3.63) is 64.9 Å².